The Bertz CT molecular complexity index is 989. The molecule has 0 amide bonds. The molecule has 1 N–H and O–H groups in total. The molecule has 5 nitrogen and oxygen atoms in total. The molecule has 0 bridgehead atoms. The van der Waals surface area contributed by atoms with Crippen LogP contribution in [0, 0.1) is 5.92 Å². The second-order valence-electron chi connectivity index (χ2n) is 8.44. The van der Waals surface area contributed by atoms with Gasteiger partial charge in [0, 0.05) is 33.5 Å². The van der Waals surface area contributed by atoms with Gasteiger partial charge in [-0.2, -0.15) is 0 Å². The van der Waals surface area contributed by atoms with Crippen LogP contribution in [0.4, 0.5) is 0 Å². The van der Waals surface area contributed by atoms with Crippen molar-refractivity contribution in [3.8, 4) is 11.5 Å². The van der Waals surface area contributed by atoms with Crippen LogP contribution in [0.5, 0.6) is 11.5 Å². The lowest BCUT2D eigenvalue weighted by Crippen LogP contribution is -2.36. The summed E-state index contributed by atoms with van der Waals surface area (Å²) in [6.07, 6.45) is 2.20. The lowest BCUT2D eigenvalue weighted by molar-refractivity contribution is -0.139. The maximum Gasteiger partial charge on any atom is 0.341 e. The van der Waals surface area contributed by atoms with Crippen LogP contribution in [0.3, 0.4) is 0 Å². The summed E-state index contributed by atoms with van der Waals surface area (Å²) >= 11 is 12.5. The van der Waals surface area contributed by atoms with Crippen LogP contribution in [-0.4, -0.2) is 30.9 Å². The van der Waals surface area contributed by atoms with Gasteiger partial charge < -0.3 is 19.3 Å². The molecular formula is C26H30Cl2O5. The van der Waals surface area contributed by atoms with E-state index in [1.165, 1.54) is 12.7 Å². The van der Waals surface area contributed by atoms with E-state index in [-0.39, 0.29) is 17.9 Å². The molecule has 1 aliphatic heterocycles. The molecule has 0 aromatic heterocycles. The van der Waals surface area contributed by atoms with Gasteiger partial charge in [0.2, 0.25) is 0 Å². The molecule has 33 heavy (non-hydrogen) atoms. The molecule has 1 aliphatic rings. The molecular weight excluding hydrogens is 463 g/mol. The van der Waals surface area contributed by atoms with E-state index in [2.05, 4.69) is 25.6 Å². The maximum absolute atomic E-state index is 11.2. The zero-order chi connectivity index (χ0) is 24.1. The fraction of sp³-hybridized carbons (Fsp3) is 0.423. The van der Waals surface area contributed by atoms with Gasteiger partial charge in [-0.15, -0.1) is 0 Å². The molecule has 0 saturated carbocycles. The Hall–Kier alpha value is -2.21. The van der Waals surface area contributed by atoms with E-state index >= 15 is 0 Å². The molecule has 1 fully saturated rings. The number of halogens is 2. The van der Waals surface area contributed by atoms with Crippen molar-refractivity contribution in [1.29, 1.82) is 0 Å². The second kappa shape index (κ2) is 11.3. The molecule has 4 atom stereocenters. The monoisotopic (exact) mass is 492 g/mol. The first-order valence-electron chi connectivity index (χ1n) is 11.0. The van der Waals surface area contributed by atoms with Crippen LogP contribution in [0.15, 0.2) is 48.6 Å². The van der Waals surface area contributed by atoms with Crippen LogP contribution in [-0.2, 0) is 9.53 Å². The van der Waals surface area contributed by atoms with Gasteiger partial charge in [0.15, 0.2) is 18.1 Å². The van der Waals surface area contributed by atoms with Crippen molar-refractivity contribution in [2.45, 2.75) is 51.2 Å². The molecule has 178 valence electrons. The van der Waals surface area contributed by atoms with E-state index in [1.54, 1.807) is 12.1 Å². The molecule has 0 aliphatic carbocycles. The predicted molar refractivity (Wildman–Crippen MR) is 131 cm³/mol. The third kappa shape index (κ3) is 6.03. The molecule has 2 aromatic rings. The Morgan fingerprint density at radius 3 is 2.48 bits per heavy atom. The standard InChI is InChI=1S/C26H30Cl2O5/c1-5-6-22-20(16-7-9-17(27)10-8-16)13-19(15(2)3)25(33-22)21-11-18(28)12-23(31-4)26(21)32-14-24(29)30/h7-12,19-20,22,25H,2,5-6,13-14H2,1,3-4H3,(H,29,30)/t19-,20-,22+,25+/m1/s1. The van der Waals surface area contributed by atoms with Crippen LogP contribution in [0.1, 0.15) is 56.3 Å². The third-order valence-corrected chi connectivity index (χ3v) is 6.53. The van der Waals surface area contributed by atoms with Crippen molar-refractivity contribution in [1.82, 2.24) is 0 Å². The Kier molecular flexibility index (Phi) is 8.69. The van der Waals surface area contributed by atoms with Crippen molar-refractivity contribution >= 4 is 29.2 Å². The van der Waals surface area contributed by atoms with Gasteiger partial charge in [-0.3, -0.25) is 0 Å². The number of rotatable bonds is 9. The normalized spacial score (nSPS) is 22.6. The number of hydrogen-bond acceptors (Lipinski definition) is 4. The number of carboxylic acids is 1. The van der Waals surface area contributed by atoms with E-state index in [0.29, 0.717) is 27.1 Å². The number of ether oxygens (including phenoxy) is 3. The van der Waals surface area contributed by atoms with E-state index in [4.69, 9.17) is 37.4 Å². The fourth-order valence-corrected chi connectivity index (χ4v) is 4.87. The van der Waals surface area contributed by atoms with Gasteiger partial charge in [0.1, 0.15) is 0 Å². The summed E-state index contributed by atoms with van der Waals surface area (Å²) in [4.78, 5) is 11.2. The largest absolute Gasteiger partial charge is 0.493 e. The summed E-state index contributed by atoms with van der Waals surface area (Å²) in [6, 6.07) is 11.3. The van der Waals surface area contributed by atoms with Gasteiger partial charge in [0.05, 0.1) is 19.3 Å². The molecule has 0 radical (unpaired) electrons. The van der Waals surface area contributed by atoms with E-state index < -0.39 is 18.7 Å². The molecule has 2 aromatic carbocycles. The van der Waals surface area contributed by atoms with Gasteiger partial charge >= 0.3 is 5.97 Å². The summed E-state index contributed by atoms with van der Waals surface area (Å²) in [5.74, 6) is -0.236. The lowest BCUT2D eigenvalue weighted by atomic mass is 9.74. The highest BCUT2D eigenvalue weighted by molar-refractivity contribution is 6.31. The molecule has 0 spiro atoms. The van der Waals surface area contributed by atoms with Crippen LogP contribution in [0.2, 0.25) is 10.0 Å². The number of carboxylic acid groups (broad SMARTS) is 1. The average Bonchev–Trinajstić information content (AvgIpc) is 2.78. The fourth-order valence-electron chi connectivity index (χ4n) is 4.53. The van der Waals surface area contributed by atoms with Crippen molar-refractivity contribution in [3.05, 3.63) is 69.7 Å². The Labute approximate surface area is 205 Å². The summed E-state index contributed by atoms with van der Waals surface area (Å²) in [5, 5.41) is 10.3. The van der Waals surface area contributed by atoms with Crippen LogP contribution < -0.4 is 9.47 Å². The molecule has 7 heteroatoms. The Morgan fingerprint density at radius 1 is 1.21 bits per heavy atom. The maximum atomic E-state index is 11.2. The summed E-state index contributed by atoms with van der Waals surface area (Å²) in [6.45, 7) is 7.85. The number of benzene rings is 2. The minimum atomic E-state index is -1.08. The zero-order valence-electron chi connectivity index (χ0n) is 19.1. The van der Waals surface area contributed by atoms with Crippen molar-refractivity contribution in [3.63, 3.8) is 0 Å². The molecule has 1 heterocycles. The second-order valence-corrected chi connectivity index (χ2v) is 9.31. The summed E-state index contributed by atoms with van der Waals surface area (Å²) < 4.78 is 17.9. The quantitative estimate of drug-likeness (QED) is 0.379. The third-order valence-electron chi connectivity index (χ3n) is 6.06. The molecule has 0 unspecified atom stereocenters. The summed E-state index contributed by atoms with van der Waals surface area (Å²) in [5.41, 5.74) is 2.81. The SMILES string of the molecule is C=C(C)[C@H]1C[C@H](c2ccc(Cl)cc2)[C@H](CCC)O[C@@H]1c1cc(Cl)cc(OC)c1OCC(=O)O. The average molecular weight is 493 g/mol. The van der Waals surface area contributed by atoms with Crippen molar-refractivity contribution < 1.29 is 24.1 Å². The first-order valence-corrected chi connectivity index (χ1v) is 11.8. The number of hydrogen-bond donors (Lipinski definition) is 1. The number of aliphatic carboxylic acids is 1. The molecule has 1 saturated heterocycles. The lowest BCUT2D eigenvalue weighted by Gasteiger charge is -2.43. The van der Waals surface area contributed by atoms with Gasteiger partial charge in [0.25, 0.3) is 0 Å². The Morgan fingerprint density at radius 2 is 1.91 bits per heavy atom. The van der Waals surface area contributed by atoms with Crippen LogP contribution in [0.25, 0.3) is 0 Å². The van der Waals surface area contributed by atoms with Crippen molar-refractivity contribution in [2.24, 2.45) is 5.92 Å². The van der Waals surface area contributed by atoms with E-state index in [1.807, 2.05) is 19.1 Å². The predicted octanol–water partition coefficient (Wildman–Crippen LogP) is 7.07. The minimum absolute atomic E-state index is 0.0332. The number of methoxy groups -OCH3 is 1. The topological polar surface area (TPSA) is 65.0 Å². The van der Waals surface area contributed by atoms with Gasteiger partial charge in [-0.05, 0) is 43.5 Å². The number of carbonyl (C=O) groups is 1. The smallest absolute Gasteiger partial charge is 0.341 e. The highest BCUT2D eigenvalue weighted by atomic mass is 35.5. The van der Waals surface area contributed by atoms with E-state index in [0.717, 1.165) is 24.8 Å². The zero-order valence-corrected chi connectivity index (χ0v) is 20.7. The van der Waals surface area contributed by atoms with Gasteiger partial charge in [-0.25, -0.2) is 4.79 Å². The first-order chi connectivity index (χ1) is 15.7. The van der Waals surface area contributed by atoms with Crippen molar-refractivity contribution in [2.75, 3.05) is 13.7 Å². The molecule has 3 rings (SSSR count). The highest BCUT2D eigenvalue weighted by Gasteiger charge is 2.41. The van der Waals surface area contributed by atoms with Gasteiger partial charge in [-0.1, -0.05) is 60.8 Å². The highest BCUT2D eigenvalue weighted by Crippen LogP contribution is 2.51. The van der Waals surface area contributed by atoms with E-state index in [9.17, 15) is 9.90 Å². The van der Waals surface area contributed by atoms with Crippen LogP contribution >= 0.6 is 23.2 Å². The minimum Gasteiger partial charge on any atom is -0.493 e. The Balaban J connectivity index is 2.06. The first kappa shape index (κ1) is 25.4. The summed E-state index contributed by atoms with van der Waals surface area (Å²) in [7, 11) is 1.50.